The molecular formula is C13H18N4O3S. The van der Waals surface area contributed by atoms with E-state index in [1.54, 1.807) is 24.5 Å². The molecule has 0 amide bonds. The van der Waals surface area contributed by atoms with Crippen LogP contribution in [0.15, 0.2) is 41.6 Å². The summed E-state index contributed by atoms with van der Waals surface area (Å²) in [6.07, 6.45) is 3.96. The van der Waals surface area contributed by atoms with Crippen LogP contribution in [0.5, 0.6) is 5.75 Å². The van der Waals surface area contributed by atoms with Gasteiger partial charge in [-0.15, -0.1) is 0 Å². The van der Waals surface area contributed by atoms with E-state index in [-0.39, 0.29) is 11.4 Å². The smallest absolute Gasteiger partial charge is 0.240 e. The van der Waals surface area contributed by atoms with Gasteiger partial charge in [-0.2, -0.15) is 0 Å². The minimum atomic E-state index is -3.56. The van der Waals surface area contributed by atoms with E-state index in [1.165, 1.54) is 12.1 Å². The lowest BCUT2D eigenvalue weighted by Crippen LogP contribution is -2.23. The number of imidazole rings is 1. The van der Waals surface area contributed by atoms with Crippen LogP contribution >= 0.6 is 0 Å². The summed E-state index contributed by atoms with van der Waals surface area (Å²) in [5.74, 6) is 1.17. The maximum absolute atomic E-state index is 12.1. The van der Waals surface area contributed by atoms with Gasteiger partial charge in [-0.05, 0) is 37.2 Å². The van der Waals surface area contributed by atoms with Crippen molar-refractivity contribution in [2.45, 2.75) is 17.9 Å². The van der Waals surface area contributed by atoms with Crippen LogP contribution in [0.1, 0.15) is 12.2 Å². The standard InChI is InChI=1S/C13H18N4O3S/c14-6-1-9-20-11-2-4-12(5-3-11)21(18,19)17-10-13-15-7-8-16-13/h2-5,7-8,17H,1,6,9-10,14H2,(H,15,16). The second kappa shape index (κ2) is 7.21. The predicted molar refractivity (Wildman–Crippen MR) is 78.2 cm³/mol. The van der Waals surface area contributed by atoms with Crippen LogP contribution in [0.3, 0.4) is 0 Å². The van der Waals surface area contributed by atoms with Gasteiger partial charge in [-0.25, -0.2) is 18.1 Å². The Morgan fingerprint density at radius 2 is 2.05 bits per heavy atom. The van der Waals surface area contributed by atoms with Crippen LogP contribution in [0, 0.1) is 0 Å². The van der Waals surface area contributed by atoms with Gasteiger partial charge in [-0.3, -0.25) is 0 Å². The maximum atomic E-state index is 12.1. The van der Waals surface area contributed by atoms with E-state index >= 15 is 0 Å². The number of H-pyrrole nitrogens is 1. The van der Waals surface area contributed by atoms with Crippen LogP contribution in [-0.2, 0) is 16.6 Å². The third kappa shape index (κ3) is 4.55. The molecule has 0 atom stereocenters. The number of rotatable bonds is 8. The van der Waals surface area contributed by atoms with Gasteiger partial charge in [0.15, 0.2) is 0 Å². The quantitative estimate of drug-likeness (QED) is 0.619. The fraction of sp³-hybridized carbons (Fsp3) is 0.308. The molecule has 8 heteroatoms. The number of aromatic amines is 1. The molecule has 1 aromatic heterocycles. The van der Waals surface area contributed by atoms with E-state index < -0.39 is 10.0 Å². The highest BCUT2D eigenvalue weighted by Crippen LogP contribution is 2.16. The molecule has 0 fully saturated rings. The van der Waals surface area contributed by atoms with Crippen LogP contribution in [0.25, 0.3) is 0 Å². The molecule has 0 aliphatic carbocycles. The highest BCUT2D eigenvalue weighted by molar-refractivity contribution is 7.89. The van der Waals surface area contributed by atoms with Crippen molar-refractivity contribution in [3.63, 3.8) is 0 Å². The molecule has 0 bridgehead atoms. The zero-order chi connectivity index (χ0) is 15.1. The van der Waals surface area contributed by atoms with Crippen molar-refractivity contribution in [3.05, 3.63) is 42.5 Å². The van der Waals surface area contributed by atoms with Gasteiger partial charge >= 0.3 is 0 Å². The summed E-state index contributed by atoms with van der Waals surface area (Å²) in [6, 6.07) is 6.25. The summed E-state index contributed by atoms with van der Waals surface area (Å²) in [5, 5.41) is 0. The topological polar surface area (TPSA) is 110 Å². The SMILES string of the molecule is NCCCOc1ccc(S(=O)(=O)NCc2ncc[nH]2)cc1. The van der Waals surface area contributed by atoms with Gasteiger partial charge in [-0.1, -0.05) is 0 Å². The second-order valence-corrected chi connectivity index (χ2v) is 6.09. The number of nitrogens with two attached hydrogens (primary N) is 1. The van der Waals surface area contributed by atoms with Crippen molar-refractivity contribution in [2.24, 2.45) is 5.73 Å². The molecule has 1 heterocycles. The minimum absolute atomic E-state index is 0.115. The molecule has 0 saturated heterocycles. The van der Waals surface area contributed by atoms with Crippen LogP contribution in [-0.4, -0.2) is 31.5 Å². The average molecular weight is 310 g/mol. The molecule has 21 heavy (non-hydrogen) atoms. The highest BCUT2D eigenvalue weighted by Gasteiger charge is 2.14. The highest BCUT2D eigenvalue weighted by atomic mass is 32.2. The maximum Gasteiger partial charge on any atom is 0.240 e. The summed E-state index contributed by atoms with van der Waals surface area (Å²) in [4.78, 5) is 6.97. The summed E-state index contributed by atoms with van der Waals surface area (Å²) in [6.45, 7) is 1.19. The van der Waals surface area contributed by atoms with Crippen molar-refractivity contribution in [1.82, 2.24) is 14.7 Å². The predicted octanol–water partition coefficient (Wildman–Crippen LogP) is 0.616. The van der Waals surface area contributed by atoms with Gasteiger partial charge in [0.2, 0.25) is 10.0 Å². The van der Waals surface area contributed by atoms with E-state index in [9.17, 15) is 8.42 Å². The van der Waals surface area contributed by atoms with Crippen molar-refractivity contribution in [3.8, 4) is 5.75 Å². The lowest BCUT2D eigenvalue weighted by molar-refractivity contribution is 0.313. The van der Waals surface area contributed by atoms with E-state index in [4.69, 9.17) is 10.5 Å². The number of benzene rings is 1. The van der Waals surface area contributed by atoms with E-state index in [0.717, 1.165) is 6.42 Å². The third-order valence-corrected chi connectivity index (χ3v) is 4.15. The van der Waals surface area contributed by atoms with E-state index in [2.05, 4.69) is 14.7 Å². The molecule has 0 saturated carbocycles. The molecule has 2 aromatic rings. The lowest BCUT2D eigenvalue weighted by Gasteiger charge is -2.08. The second-order valence-electron chi connectivity index (χ2n) is 4.32. The Balaban J connectivity index is 1.96. The molecule has 0 unspecified atom stereocenters. The average Bonchev–Trinajstić information content (AvgIpc) is 3.00. The molecule has 4 N–H and O–H groups in total. The fourth-order valence-electron chi connectivity index (χ4n) is 1.63. The van der Waals surface area contributed by atoms with Crippen LogP contribution in [0.2, 0.25) is 0 Å². The Morgan fingerprint density at radius 1 is 1.29 bits per heavy atom. The molecule has 114 valence electrons. The van der Waals surface area contributed by atoms with Gasteiger partial charge < -0.3 is 15.5 Å². The molecule has 0 radical (unpaired) electrons. The Kier molecular flexibility index (Phi) is 5.32. The van der Waals surface area contributed by atoms with Crippen molar-refractivity contribution in [2.75, 3.05) is 13.2 Å². The van der Waals surface area contributed by atoms with Gasteiger partial charge in [0.25, 0.3) is 0 Å². The molecule has 1 aromatic carbocycles. The van der Waals surface area contributed by atoms with Crippen LogP contribution < -0.4 is 15.2 Å². The number of nitrogens with zero attached hydrogens (tertiary/aromatic N) is 1. The first-order valence-corrected chi connectivity index (χ1v) is 8.01. The molecule has 0 spiro atoms. The monoisotopic (exact) mass is 310 g/mol. The Hall–Kier alpha value is -1.90. The number of ether oxygens (including phenoxy) is 1. The van der Waals surface area contributed by atoms with Gasteiger partial charge in [0, 0.05) is 12.4 Å². The van der Waals surface area contributed by atoms with Crippen molar-refractivity contribution in [1.29, 1.82) is 0 Å². The molecule has 0 aliphatic rings. The Morgan fingerprint density at radius 3 is 2.67 bits per heavy atom. The first-order chi connectivity index (χ1) is 10.1. The van der Waals surface area contributed by atoms with E-state index in [1.807, 2.05) is 0 Å². The fourth-order valence-corrected chi connectivity index (χ4v) is 2.62. The minimum Gasteiger partial charge on any atom is -0.494 e. The number of hydrogen-bond donors (Lipinski definition) is 3. The number of sulfonamides is 1. The molecular weight excluding hydrogens is 292 g/mol. The molecule has 0 aliphatic heterocycles. The zero-order valence-corrected chi connectivity index (χ0v) is 12.3. The van der Waals surface area contributed by atoms with E-state index in [0.29, 0.717) is 24.7 Å². The van der Waals surface area contributed by atoms with Crippen molar-refractivity contribution < 1.29 is 13.2 Å². The summed E-state index contributed by atoms with van der Waals surface area (Å²) < 4.78 is 32.1. The Labute approximate surface area is 123 Å². The normalized spacial score (nSPS) is 11.5. The number of hydrogen-bond acceptors (Lipinski definition) is 5. The lowest BCUT2D eigenvalue weighted by atomic mass is 10.3. The summed E-state index contributed by atoms with van der Waals surface area (Å²) in [5.41, 5.74) is 5.37. The first-order valence-electron chi connectivity index (χ1n) is 6.52. The Bertz CT molecular complexity index is 639. The number of nitrogens with one attached hydrogen (secondary N) is 2. The number of aromatic nitrogens is 2. The zero-order valence-electron chi connectivity index (χ0n) is 11.5. The van der Waals surface area contributed by atoms with Crippen molar-refractivity contribution >= 4 is 10.0 Å². The van der Waals surface area contributed by atoms with Gasteiger partial charge in [0.05, 0.1) is 18.0 Å². The summed E-state index contributed by atoms with van der Waals surface area (Å²) >= 11 is 0. The summed E-state index contributed by atoms with van der Waals surface area (Å²) in [7, 11) is -3.56. The third-order valence-electron chi connectivity index (χ3n) is 2.74. The van der Waals surface area contributed by atoms with Crippen LogP contribution in [0.4, 0.5) is 0 Å². The molecule has 2 rings (SSSR count). The van der Waals surface area contributed by atoms with Gasteiger partial charge in [0.1, 0.15) is 11.6 Å². The first kappa shape index (κ1) is 15.5. The molecule has 7 nitrogen and oxygen atoms in total. The largest absolute Gasteiger partial charge is 0.494 e.